The van der Waals surface area contributed by atoms with Gasteiger partial charge in [0.2, 0.25) is 5.43 Å². The first-order valence-electron chi connectivity index (χ1n) is 10.5. The lowest BCUT2D eigenvalue weighted by atomic mass is 10.1. The number of benzene rings is 2. The van der Waals surface area contributed by atoms with Crippen molar-refractivity contribution in [1.29, 1.82) is 0 Å². The summed E-state index contributed by atoms with van der Waals surface area (Å²) in [5.41, 5.74) is 2.75. The summed E-state index contributed by atoms with van der Waals surface area (Å²) in [7, 11) is 0. The smallest absolute Gasteiger partial charge is 0.276 e. The minimum absolute atomic E-state index is 0.166. The highest BCUT2D eigenvalue weighted by molar-refractivity contribution is 6.32. The third kappa shape index (κ3) is 5.07. The van der Waals surface area contributed by atoms with E-state index in [1.807, 2.05) is 30.3 Å². The van der Waals surface area contributed by atoms with Gasteiger partial charge in [0.1, 0.15) is 0 Å². The molecule has 2 heterocycles. The van der Waals surface area contributed by atoms with Gasteiger partial charge in [-0.15, -0.1) is 0 Å². The number of aromatic nitrogens is 2. The minimum atomic E-state index is -0.517. The van der Waals surface area contributed by atoms with Gasteiger partial charge in [-0.05, 0) is 30.2 Å². The molecule has 2 aromatic carbocycles. The maximum Gasteiger partial charge on any atom is 0.276 e. The zero-order valence-electron chi connectivity index (χ0n) is 17.9. The third-order valence-corrected chi connectivity index (χ3v) is 5.78. The van der Waals surface area contributed by atoms with Crippen molar-refractivity contribution in [3.05, 3.63) is 92.4 Å². The highest BCUT2D eigenvalue weighted by Gasteiger charge is 2.17. The Bertz CT molecular complexity index is 1170. The number of nitrogens with zero attached hydrogens (tertiary/aromatic N) is 3. The van der Waals surface area contributed by atoms with Crippen LogP contribution in [-0.2, 0) is 17.8 Å². The van der Waals surface area contributed by atoms with Crippen LogP contribution in [0.25, 0.3) is 5.69 Å². The Hall–Kier alpha value is -3.00. The van der Waals surface area contributed by atoms with E-state index in [-0.39, 0.29) is 5.69 Å². The quantitative estimate of drug-likeness (QED) is 0.622. The molecule has 0 unspecified atom stereocenters. The fraction of sp³-hybridized carbons (Fsp3) is 0.292. The van der Waals surface area contributed by atoms with Gasteiger partial charge in [0, 0.05) is 37.9 Å². The molecule has 3 aromatic rings. The molecule has 0 saturated carbocycles. The molecule has 166 valence electrons. The molecule has 1 amide bonds. The number of hydrogen-bond donors (Lipinski definition) is 1. The molecule has 0 spiro atoms. The monoisotopic (exact) mass is 452 g/mol. The van der Waals surface area contributed by atoms with Crippen LogP contribution in [0.1, 0.15) is 27.3 Å². The lowest BCUT2D eigenvalue weighted by Gasteiger charge is -2.27. The highest BCUT2D eigenvalue weighted by atomic mass is 35.5. The second-order valence-electron chi connectivity index (χ2n) is 7.70. The Labute approximate surface area is 191 Å². The number of nitrogens with one attached hydrogen (secondary N) is 1. The summed E-state index contributed by atoms with van der Waals surface area (Å²) in [5.74, 6) is -0.517. The van der Waals surface area contributed by atoms with Crippen LogP contribution in [0.2, 0.25) is 5.02 Å². The molecule has 0 atom stereocenters. The maximum absolute atomic E-state index is 12.9. The number of amides is 1. The molecule has 0 bridgehead atoms. The van der Waals surface area contributed by atoms with E-state index in [9.17, 15) is 9.59 Å². The number of rotatable bonds is 6. The predicted octanol–water partition coefficient (Wildman–Crippen LogP) is 2.96. The molecule has 1 saturated heterocycles. The van der Waals surface area contributed by atoms with E-state index < -0.39 is 11.3 Å². The van der Waals surface area contributed by atoms with Gasteiger partial charge in [-0.1, -0.05) is 48.0 Å². The van der Waals surface area contributed by atoms with Crippen molar-refractivity contribution >= 4 is 17.5 Å². The van der Waals surface area contributed by atoms with Crippen LogP contribution in [0, 0.1) is 6.92 Å². The van der Waals surface area contributed by atoms with Crippen molar-refractivity contribution in [3.63, 3.8) is 0 Å². The van der Waals surface area contributed by atoms with E-state index in [1.54, 1.807) is 19.1 Å². The van der Waals surface area contributed by atoms with Crippen LogP contribution in [0.3, 0.4) is 0 Å². The summed E-state index contributed by atoms with van der Waals surface area (Å²) in [6, 6.07) is 16.5. The summed E-state index contributed by atoms with van der Waals surface area (Å²) < 4.78 is 6.94. The van der Waals surface area contributed by atoms with Crippen LogP contribution in [0.15, 0.2) is 59.4 Å². The average Bonchev–Trinajstić information content (AvgIpc) is 2.80. The van der Waals surface area contributed by atoms with Gasteiger partial charge in [0.25, 0.3) is 5.91 Å². The van der Waals surface area contributed by atoms with Gasteiger partial charge in [-0.25, -0.2) is 4.68 Å². The Balaban J connectivity index is 1.52. The van der Waals surface area contributed by atoms with Gasteiger partial charge in [0.05, 0.1) is 23.9 Å². The molecular formula is C24H25ClN4O3. The van der Waals surface area contributed by atoms with Gasteiger partial charge in [-0.3, -0.25) is 14.5 Å². The first kappa shape index (κ1) is 22.2. The molecule has 1 fully saturated rings. The number of carbonyl (C=O) groups is 1. The molecule has 4 rings (SSSR count). The van der Waals surface area contributed by atoms with E-state index in [2.05, 4.69) is 21.4 Å². The van der Waals surface area contributed by atoms with Crippen LogP contribution in [-0.4, -0.2) is 46.9 Å². The van der Waals surface area contributed by atoms with Crippen molar-refractivity contribution in [2.45, 2.75) is 20.0 Å². The molecule has 32 heavy (non-hydrogen) atoms. The number of ether oxygens (including phenoxy) is 1. The van der Waals surface area contributed by atoms with E-state index in [1.165, 1.54) is 10.7 Å². The molecule has 1 aromatic heterocycles. The van der Waals surface area contributed by atoms with Crippen molar-refractivity contribution in [1.82, 2.24) is 20.0 Å². The number of carbonyl (C=O) groups excluding carboxylic acids is 1. The predicted molar refractivity (Wildman–Crippen MR) is 123 cm³/mol. The summed E-state index contributed by atoms with van der Waals surface area (Å²) in [5, 5.41) is 7.65. The van der Waals surface area contributed by atoms with Gasteiger partial charge >= 0.3 is 0 Å². The Kier molecular flexibility index (Phi) is 6.99. The second-order valence-corrected chi connectivity index (χ2v) is 8.11. The number of aryl methyl sites for hydroxylation is 1. The van der Waals surface area contributed by atoms with Gasteiger partial charge in [0.15, 0.2) is 5.69 Å². The third-order valence-electron chi connectivity index (χ3n) is 5.46. The zero-order chi connectivity index (χ0) is 22.5. The van der Waals surface area contributed by atoms with Crippen molar-refractivity contribution < 1.29 is 9.53 Å². The summed E-state index contributed by atoms with van der Waals surface area (Å²) in [6.45, 7) is 6.08. The lowest BCUT2D eigenvalue weighted by molar-refractivity contribution is 0.0340. The van der Waals surface area contributed by atoms with Gasteiger partial charge < -0.3 is 10.1 Å². The van der Waals surface area contributed by atoms with Crippen LogP contribution >= 0.6 is 11.6 Å². The van der Waals surface area contributed by atoms with E-state index >= 15 is 0 Å². The Morgan fingerprint density at radius 2 is 1.78 bits per heavy atom. The molecular weight excluding hydrogens is 428 g/mol. The van der Waals surface area contributed by atoms with Crippen LogP contribution in [0.5, 0.6) is 0 Å². The molecule has 1 aliphatic heterocycles. The first-order valence-corrected chi connectivity index (χ1v) is 10.9. The Morgan fingerprint density at radius 3 is 2.53 bits per heavy atom. The molecule has 8 heteroatoms. The van der Waals surface area contributed by atoms with E-state index in [0.29, 0.717) is 22.9 Å². The van der Waals surface area contributed by atoms with Crippen LogP contribution in [0.4, 0.5) is 0 Å². The zero-order valence-corrected chi connectivity index (χ0v) is 18.6. The summed E-state index contributed by atoms with van der Waals surface area (Å²) in [6.07, 6.45) is 0. The van der Waals surface area contributed by atoms with Gasteiger partial charge in [-0.2, -0.15) is 5.10 Å². The fourth-order valence-electron chi connectivity index (χ4n) is 3.72. The Morgan fingerprint density at radius 1 is 1.09 bits per heavy atom. The molecule has 1 aliphatic rings. The average molecular weight is 453 g/mol. The molecule has 0 radical (unpaired) electrons. The molecule has 1 N–H and O–H groups in total. The SMILES string of the molecule is Cc1cc(=O)c(C(=O)NCc2ccccc2CN2CCOCC2)nn1-c1ccccc1Cl. The largest absolute Gasteiger partial charge is 0.379 e. The first-order chi connectivity index (χ1) is 15.5. The second kappa shape index (κ2) is 10.1. The normalized spacial score (nSPS) is 14.3. The standard InChI is InChI=1S/C24H25ClN4O3/c1-17-14-22(30)23(27-29(17)21-9-5-4-8-20(21)25)24(31)26-15-18-6-2-3-7-19(18)16-28-10-12-32-13-11-28/h2-9,14H,10-13,15-16H2,1H3,(H,26,31). The molecule has 0 aliphatic carbocycles. The fourth-order valence-corrected chi connectivity index (χ4v) is 3.93. The van der Waals surface area contributed by atoms with E-state index in [4.69, 9.17) is 16.3 Å². The number of morpholine rings is 1. The minimum Gasteiger partial charge on any atom is -0.379 e. The van der Waals surface area contributed by atoms with Crippen LogP contribution < -0.4 is 10.7 Å². The highest BCUT2D eigenvalue weighted by Crippen LogP contribution is 2.20. The number of hydrogen-bond acceptors (Lipinski definition) is 5. The lowest BCUT2D eigenvalue weighted by Crippen LogP contribution is -2.36. The number of halogens is 1. The van der Waals surface area contributed by atoms with Crippen molar-refractivity contribution in [2.75, 3.05) is 26.3 Å². The maximum atomic E-state index is 12.9. The molecule has 7 nitrogen and oxygen atoms in total. The van der Waals surface area contributed by atoms with Crippen molar-refractivity contribution in [3.8, 4) is 5.69 Å². The summed E-state index contributed by atoms with van der Waals surface area (Å²) in [4.78, 5) is 27.7. The van der Waals surface area contributed by atoms with E-state index in [0.717, 1.165) is 44.0 Å². The van der Waals surface area contributed by atoms with Crippen molar-refractivity contribution in [2.24, 2.45) is 0 Å². The number of para-hydroxylation sites is 1. The summed E-state index contributed by atoms with van der Waals surface area (Å²) >= 11 is 6.29. The topological polar surface area (TPSA) is 76.5 Å².